The molecule has 25 heavy (non-hydrogen) atoms. The summed E-state index contributed by atoms with van der Waals surface area (Å²) in [5, 5.41) is 9.68. The van der Waals surface area contributed by atoms with E-state index in [0.29, 0.717) is 23.7 Å². The monoisotopic (exact) mass is 340 g/mol. The van der Waals surface area contributed by atoms with Crippen molar-refractivity contribution in [2.75, 3.05) is 13.7 Å². The highest BCUT2D eigenvalue weighted by Gasteiger charge is 2.16. The van der Waals surface area contributed by atoms with Gasteiger partial charge in [0.15, 0.2) is 0 Å². The van der Waals surface area contributed by atoms with Gasteiger partial charge in [-0.25, -0.2) is 4.79 Å². The predicted molar refractivity (Wildman–Crippen MR) is 100.0 cm³/mol. The van der Waals surface area contributed by atoms with E-state index >= 15 is 0 Å². The average molecular weight is 340 g/mol. The Hall–Kier alpha value is -2.75. The molecule has 0 heterocycles. The number of hydrogen-bond acceptors (Lipinski definition) is 3. The zero-order valence-electron chi connectivity index (χ0n) is 14.7. The van der Waals surface area contributed by atoms with E-state index in [9.17, 15) is 9.90 Å². The topological polar surface area (TPSA) is 55.8 Å². The molecular weight excluding hydrogens is 316 g/mol. The second kappa shape index (κ2) is 9.52. The Labute approximate surface area is 148 Å². The number of para-hydroxylation sites is 2. The largest absolute Gasteiger partial charge is 0.496 e. The molecule has 0 saturated carbocycles. The molecule has 0 spiro atoms. The van der Waals surface area contributed by atoms with Crippen molar-refractivity contribution in [1.82, 2.24) is 0 Å². The summed E-state index contributed by atoms with van der Waals surface area (Å²) in [5.74, 6) is 0.204. The molecule has 0 unspecified atom stereocenters. The number of benzene rings is 2. The summed E-state index contributed by atoms with van der Waals surface area (Å²) >= 11 is 0. The zero-order chi connectivity index (χ0) is 18.1. The van der Waals surface area contributed by atoms with Crippen molar-refractivity contribution in [2.24, 2.45) is 0 Å². The van der Waals surface area contributed by atoms with Gasteiger partial charge in [0.05, 0.1) is 19.3 Å². The van der Waals surface area contributed by atoms with Crippen LogP contribution in [0.2, 0.25) is 0 Å². The van der Waals surface area contributed by atoms with Gasteiger partial charge in [-0.05, 0) is 24.6 Å². The first kappa shape index (κ1) is 18.6. The fraction of sp³-hybridized carbons (Fsp3) is 0.286. The molecule has 0 aromatic heterocycles. The van der Waals surface area contributed by atoms with Gasteiger partial charge >= 0.3 is 5.97 Å². The Morgan fingerprint density at radius 1 is 1.04 bits per heavy atom. The van der Waals surface area contributed by atoms with Crippen LogP contribution >= 0.6 is 0 Å². The molecule has 0 aliphatic carbocycles. The van der Waals surface area contributed by atoms with Crippen LogP contribution in [-0.2, 0) is 4.79 Å². The molecule has 1 N–H and O–H groups in total. The van der Waals surface area contributed by atoms with Crippen LogP contribution < -0.4 is 9.47 Å². The lowest BCUT2D eigenvalue weighted by Crippen LogP contribution is -2.03. The maximum Gasteiger partial charge on any atom is 0.336 e. The highest BCUT2D eigenvalue weighted by atomic mass is 16.5. The third-order valence-electron chi connectivity index (χ3n) is 3.85. The van der Waals surface area contributed by atoms with Crippen LogP contribution in [0.15, 0.2) is 48.5 Å². The normalized spacial score (nSPS) is 11.2. The van der Waals surface area contributed by atoms with Crippen molar-refractivity contribution in [2.45, 2.75) is 26.2 Å². The lowest BCUT2D eigenvalue weighted by Gasteiger charge is -2.12. The van der Waals surface area contributed by atoms with Gasteiger partial charge in [0, 0.05) is 11.1 Å². The average Bonchev–Trinajstić information content (AvgIpc) is 2.64. The van der Waals surface area contributed by atoms with E-state index in [1.165, 1.54) is 7.11 Å². The van der Waals surface area contributed by atoms with Crippen LogP contribution in [0.5, 0.6) is 11.5 Å². The molecule has 4 heteroatoms. The maximum atomic E-state index is 11.8. The standard InChI is InChI=1S/C21H24O4/c1-3-4-9-14-25-19-12-7-5-10-16(19)15-18(21(22)23)17-11-6-8-13-20(17)24-2/h5-8,10-13,15H,3-4,9,14H2,1-2H3,(H,22,23)/b18-15-. The van der Waals surface area contributed by atoms with Crippen LogP contribution in [-0.4, -0.2) is 24.8 Å². The Kier molecular flexibility index (Phi) is 7.08. The second-order valence-electron chi connectivity index (χ2n) is 5.66. The van der Waals surface area contributed by atoms with E-state index in [0.717, 1.165) is 24.8 Å². The van der Waals surface area contributed by atoms with Crippen molar-refractivity contribution in [3.63, 3.8) is 0 Å². The molecule has 2 aromatic rings. The van der Waals surface area contributed by atoms with E-state index in [2.05, 4.69) is 6.92 Å². The molecule has 0 fully saturated rings. The lowest BCUT2D eigenvalue weighted by molar-refractivity contribution is -0.130. The summed E-state index contributed by atoms with van der Waals surface area (Å²) in [6, 6.07) is 14.6. The SMILES string of the molecule is CCCCCOc1ccccc1/C=C(\C(=O)O)c1ccccc1OC. The molecule has 2 aromatic carbocycles. The molecule has 0 radical (unpaired) electrons. The highest BCUT2D eigenvalue weighted by molar-refractivity contribution is 6.21. The van der Waals surface area contributed by atoms with E-state index in [1.54, 1.807) is 24.3 Å². The van der Waals surface area contributed by atoms with Crippen LogP contribution in [0.3, 0.4) is 0 Å². The molecule has 0 atom stereocenters. The summed E-state index contributed by atoms with van der Waals surface area (Å²) in [7, 11) is 1.53. The van der Waals surface area contributed by atoms with Gasteiger partial charge in [-0.3, -0.25) is 0 Å². The van der Waals surface area contributed by atoms with Crippen molar-refractivity contribution in [1.29, 1.82) is 0 Å². The quantitative estimate of drug-likeness (QED) is 0.401. The second-order valence-corrected chi connectivity index (χ2v) is 5.66. The van der Waals surface area contributed by atoms with E-state index < -0.39 is 5.97 Å². The third-order valence-corrected chi connectivity index (χ3v) is 3.85. The molecular formula is C21H24O4. The van der Waals surface area contributed by atoms with Crippen LogP contribution in [0.1, 0.15) is 37.3 Å². The number of carboxylic acids is 1. The number of ether oxygens (including phenoxy) is 2. The van der Waals surface area contributed by atoms with E-state index in [4.69, 9.17) is 9.47 Å². The molecule has 132 valence electrons. The zero-order valence-corrected chi connectivity index (χ0v) is 14.7. The minimum absolute atomic E-state index is 0.169. The summed E-state index contributed by atoms with van der Waals surface area (Å²) in [4.78, 5) is 11.8. The molecule has 2 rings (SSSR count). The third kappa shape index (κ3) is 5.11. The van der Waals surface area contributed by atoms with Gasteiger partial charge in [-0.1, -0.05) is 56.2 Å². The van der Waals surface area contributed by atoms with Gasteiger partial charge in [0.1, 0.15) is 11.5 Å². The number of hydrogen-bond donors (Lipinski definition) is 1. The lowest BCUT2D eigenvalue weighted by atomic mass is 10.0. The van der Waals surface area contributed by atoms with Crippen molar-refractivity contribution < 1.29 is 19.4 Å². The van der Waals surface area contributed by atoms with Gasteiger partial charge in [-0.15, -0.1) is 0 Å². The van der Waals surface area contributed by atoms with Crippen molar-refractivity contribution >= 4 is 17.6 Å². The number of carbonyl (C=O) groups is 1. The first-order valence-electron chi connectivity index (χ1n) is 8.47. The fourth-order valence-corrected chi connectivity index (χ4v) is 2.54. The number of carboxylic acid groups (broad SMARTS) is 1. The number of unbranched alkanes of at least 4 members (excludes halogenated alkanes) is 2. The van der Waals surface area contributed by atoms with Gasteiger partial charge < -0.3 is 14.6 Å². The van der Waals surface area contributed by atoms with E-state index in [-0.39, 0.29) is 5.57 Å². The van der Waals surface area contributed by atoms with Crippen LogP contribution in [0.25, 0.3) is 11.6 Å². The Bertz CT molecular complexity index is 734. The summed E-state index contributed by atoms with van der Waals surface area (Å²) in [6.07, 6.45) is 4.85. The number of aliphatic carboxylic acids is 1. The van der Waals surface area contributed by atoms with Gasteiger partial charge in [0.25, 0.3) is 0 Å². The van der Waals surface area contributed by atoms with Crippen molar-refractivity contribution in [3.8, 4) is 11.5 Å². The van der Waals surface area contributed by atoms with E-state index in [1.807, 2.05) is 30.3 Å². The molecule has 4 nitrogen and oxygen atoms in total. The Balaban J connectivity index is 2.36. The number of methoxy groups -OCH3 is 1. The maximum absolute atomic E-state index is 11.8. The van der Waals surface area contributed by atoms with Crippen molar-refractivity contribution in [3.05, 3.63) is 59.7 Å². The predicted octanol–water partition coefficient (Wildman–Crippen LogP) is 4.89. The fourth-order valence-electron chi connectivity index (χ4n) is 2.54. The molecule has 0 bridgehead atoms. The number of rotatable bonds is 9. The van der Waals surface area contributed by atoms with Gasteiger partial charge in [0.2, 0.25) is 0 Å². The first-order valence-corrected chi connectivity index (χ1v) is 8.47. The Morgan fingerprint density at radius 3 is 2.40 bits per heavy atom. The van der Waals surface area contributed by atoms with Gasteiger partial charge in [-0.2, -0.15) is 0 Å². The molecule has 0 aliphatic rings. The minimum Gasteiger partial charge on any atom is -0.496 e. The summed E-state index contributed by atoms with van der Waals surface area (Å²) in [6.45, 7) is 2.76. The van der Waals surface area contributed by atoms with Crippen LogP contribution in [0.4, 0.5) is 0 Å². The van der Waals surface area contributed by atoms with Crippen LogP contribution in [0, 0.1) is 0 Å². The first-order chi connectivity index (χ1) is 12.2. The summed E-state index contributed by atoms with van der Waals surface area (Å²) < 4.78 is 11.1. The molecule has 0 aliphatic heterocycles. The smallest absolute Gasteiger partial charge is 0.336 e. The summed E-state index contributed by atoms with van der Waals surface area (Å²) in [5.41, 5.74) is 1.45. The highest BCUT2D eigenvalue weighted by Crippen LogP contribution is 2.30. The minimum atomic E-state index is -1.01. The Morgan fingerprint density at radius 2 is 1.72 bits per heavy atom. The molecule has 0 saturated heterocycles. The molecule has 0 amide bonds.